The van der Waals surface area contributed by atoms with Gasteiger partial charge in [-0.3, -0.25) is 4.79 Å². The molecule has 6 nitrogen and oxygen atoms in total. The lowest BCUT2D eigenvalue weighted by atomic mass is 10.1. The molecule has 0 aliphatic rings. The van der Waals surface area contributed by atoms with Gasteiger partial charge < -0.3 is 10.6 Å². The second-order valence-electron chi connectivity index (χ2n) is 6.00. The maximum absolute atomic E-state index is 13.8. The van der Waals surface area contributed by atoms with Crippen molar-refractivity contribution in [1.82, 2.24) is 10.0 Å². The topological polar surface area (TPSA) is 87.3 Å². The molecule has 0 radical (unpaired) electrons. The molecule has 0 bridgehead atoms. The number of rotatable bonds is 7. The normalized spacial score (nSPS) is 12.6. The van der Waals surface area contributed by atoms with E-state index in [4.69, 9.17) is 0 Å². The van der Waals surface area contributed by atoms with Crippen LogP contribution in [0.2, 0.25) is 0 Å². The van der Waals surface area contributed by atoms with Crippen molar-refractivity contribution in [3.63, 3.8) is 0 Å². The first kappa shape index (κ1) is 20.9. The minimum Gasteiger partial charge on any atom is -0.325 e. The standard InChI is InChI=1S/C18H21F2N3O3S/c1-11-4-6-14(9-17(11)27(25,26)21-3)23-18(24)10-22-12(2)15-7-5-13(19)8-16(15)20/h4-9,12,21-22H,10H2,1-3H3,(H,23,24)/t12-/m0/s1. The SMILES string of the molecule is CNS(=O)(=O)c1cc(NC(=O)CN[C@@H](C)c2ccc(F)cc2F)ccc1C. The summed E-state index contributed by atoms with van der Waals surface area (Å²) in [5.74, 6) is -1.80. The van der Waals surface area contributed by atoms with Crippen molar-refractivity contribution >= 4 is 21.6 Å². The Morgan fingerprint density at radius 1 is 1.15 bits per heavy atom. The number of anilines is 1. The van der Waals surface area contributed by atoms with Gasteiger partial charge in [0.1, 0.15) is 11.6 Å². The van der Waals surface area contributed by atoms with Gasteiger partial charge >= 0.3 is 0 Å². The molecule has 2 rings (SSSR count). The summed E-state index contributed by atoms with van der Waals surface area (Å²) < 4.78 is 52.9. The predicted octanol–water partition coefficient (Wildman–Crippen LogP) is 2.47. The van der Waals surface area contributed by atoms with Crippen molar-refractivity contribution in [2.75, 3.05) is 18.9 Å². The zero-order valence-corrected chi connectivity index (χ0v) is 16.0. The third-order valence-electron chi connectivity index (χ3n) is 4.03. The van der Waals surface area contributed by atoms with Crippen molar-refractivity contribution in [1.29, 1.82) is 0 Å². The van der Waals surface area contributed by atoms with Gasteiger partial charge in [0.25, 0.3) is 0 Å². The Hall–Kier alpha value is -2.36. The van der Waals surface area contributed by atoms with Gasteiger partial charge in [-0.25, -0.2) is 21.9 Å². The summed E-state index contributed by atoms with van der Waals surface area (Å²) in [4.78, 5) is 12.2. The fourth-order valence-corrected chi connectivity index (χ4v) is 3.48. The van der Waals surface area contributed by atoms with Gasteiger partial charge in [-0.15, -0.1) is 0 Å². The highest BCUT2D eigenvalue weighted by molar-refractivity contribution is 7.89. The van der Waals surface area contributed by atoms with Crippen molar-refractivity contribution in [2.45, 2.75) is 24.8 Å². The van der Waals surface area contributed by atoms with Gasteiger partial charge in [-0.1, -0.05) is 12.1 Å². The lowest BCUT2D eigenvalue weighted by Crippen LogP contribution is -2.30. The molecule has 0 aliphatic heterocycles. The second kappa shape index (κ2) is 8.55. The zero-order valence-electron chi connectivity index (χ0n) is 15.1. The molecule has 2 aromatic carbocycles. The highest BCUT2D eigenvalue weighted by Crippen LogP contribution is 2.20. The number of hydrogen-bond acceptors (Lipinski definition) is 4. The number of carbonyl (C=O) groups excluding carboxylic acids is 1. The molecule has 0 heterocycles. The van der Waals surface area contributed by atoms with Crippen LogP contribution in [0.1, 0.15) is 24.1 Å². The summed E-state index contributed by atoms with van der Waals surface area (Å²) in [6.07, 6.45) is 0. The van der Waals surface area contributed by atoms with E-state index in [-0.39, 0.29) is 17.0 Å². The van der Waals surface area contributed by atoms with E-state index in [0.29, 0.717) is 11.3 Å². The van der Waals surface area contributed by atoms with Crippen molar-refractivity contribution < 1.29 is 22.0 Å². The van der Waals surface area contributed by atoms with E-state index in [1.165, 1.54) is 19.2 Å². The van der Waals surface area contributed by atoms with Crippen LogP contribution >= 0.6 is 0 Å². The molecule has 146 valence electrons. The average Bonchev–Trinajstić information content (AvgIpc) is 2.61. The summed E-state index contributed by atoms with van der Waals surface area (Å²) >= 11 is 0. The highest BCUT2D eigenvalue weighted by atomic mass is 32.2. The fourth-order valence-electron chi connectivity index (χ4n) is 2.49. The number of hydrogen-bond donors (Lipinski definition) is 3. The average molecular weight is 397 g/mol. The number of benzene rings is 2. The first-order chi connectivity index (χ1) is 12.6. The van der Waals surface area contributed by atoms with E-state index < -0.39 is 33.6 Å². The van der Waals surface area contributed by atoms with Crippen LogP contribution < -0.4 is 15.4 Å². The van der Waals surface area contributed by atoms with Crippen LogP contribution in [0, 0.1) is 18.6 Å². The number of aryl methyl sites for hydroxylation is 1. The first-order valence-electron chi connectivity index (χ1n) is 8.16. The van der Waals surface area contributed by atoms with Crippen molar-refractivity contribution in [2.24, 2.45) is 0 Å². The Bertz CT molecular complexity index is 949. The maximum atomic E-state index is 13.8. The molecule has 0 saturated heterocycles. The molecule has 1 atom stereocenters. The highest BCUT2D eigenvalue weighted by Gasteiger charge is 2.16. The third-order valence-corrected chi connectivity index (χ3v) is 5.58. The summed E-state index contributed by atoms with van der Waals surface area (Å²) in [5, 5.41) is 5.43. The van der Waals surface area contributed by atoms with Crippen LogP contribution in [0.25, 0.3) is 0 Å². The lowest BCUT2D eigenvalue weighted by Gasteiger charge is -2.15. The molecular formula is C18H21F2N3O3S. The number of amides is 1. The van der Waals surface area contributed by atoms with Crippen LogP contribution in [0.15, 0.2) is 41.3 Å². The number of nitrogens with one attached hydrogen (secondary N) is 3. The van der Waals surface area contributed by atoms with E-state index in [0.717, 1.165) is 12.1 Å². The van der Waals surface area contributed by atoms with Crippen molar-refractivity contribution in [3.05, 3.63) is 59.2 Å². The molecule has 2 aromatic rings. The molecule has 27 heavy (non-hydrogen) atoms. The van der Waals surface area contributed by atoms with E-state index in [1.807, 2.05) is 0 Å². The molecule has 0 saturated carbocycles. The molecular weight excluding hydrogens is 376 g/mol. The monoisotopic (exact) mass is 397 g/mol. The second-order valence-corrected chi connectivity index (χ2v) is 7.86. The Labute approximate surface area is 157 Å². The Morgan fingerprint density at radius 3 is 2.48 bits per heavy atom. The maximum Gasteiger partial charge on any atom is 0.240 e. The summed E-state index contributed by atoms with van der Waals surface area (Å²) in [6, 6.07) is 7.26. The van der Waals surface area contributed by atoms with Gasteiger partial charge in [0.15, 0.2) is 0 Å². The Morgan fingerprint density at radius 2 is 1.85 bits per heavy atom. The quantitative estimate of drug-likeness (QED) is 0.670. The Kier molecular flexibility index (Phi) is 6.63. The molecule has 0 aliphatic carbocycles. The molecule has 3 N–H and O–H groups in total. The van der Waals surface area contributed by atoms with Gasteiger partial charge in [0.2, 0.25) is 15.9 Å². The molecule has 0 spiro atoms. The van der Waals surface area contributed by atoms with E-state index in [1.54, 1.807) is 26.0 Å². The first-order valence-corrected chi connectivity index (χ1v) is 9.64. The third kappa shape index (κ3) is 5.31. The summed E-state index contributed by atoms with van der Waals surface area (Å²) in [5.41, 5.74) is 1.10. The van der Waals surface area contributed by atoms with Gasteiger partial charge in [0, 0.05) is 23.4 Å². The summed E-state index contributed by atoms with van der Waals surface area (Å²) in [7, 11) is -2.34. The smallest absolute Gasteiger partial charge is 0.240 e. The zero-order chi connectivity index (χ0) is 20.2. The van der Waals surface area contributed by atoms with Crippen LogP contribution in [0.5, 0.6) is 0 Å². The van der Waals surface area contributed by atoms with Crippen LogP contribution in [0.3, 0.4) is 0 Å². The summed E-state index contributed by atoms with van der Waals surface area (Å²) in [6.45, 7) is 3.16. The van der Waals surface area contributed by atoms with Crippen LogP contribution in [0.4, 0.5) is 14.5 Å². The fraction of sp³-hybridized carbons (Fsp3) is 0.278. The molecule has 0 fully saturated rings. The molecule has 1 amide bonds. The molecule has 0 unspecified atom stereocenters. The minimum atomic E-state index is -3.65. The van der Waals surface area contributed by atoms with Crippen molar-refractivity contribution in [3.8, 4) is 0 Å². The van der Waals surface area contributed by atoms with E-state index in [2.05, 4.69) is 15.4 Å². The number of halogens is 2. The predicted molar refractivity (Wildman–Crippen MR) is 98.8 cm³/mol. The van der Waals surface area contributed by atoms with E-state index in [9.17, 15) is 22.0 Å². The number of sulfonamides is 1. The van der Waals surface area contributed by atoms with Gasteiger partial charge in [-0.05, 0) is 44.7 Å². The molecule has 0 aromatic heterocycles. The van der Waals surface area contributed by atoms with Crippen LogP contribution in [-0.4, -0.2) is 27.9 Å². The largest absolute Gasteiger partial charge is 0.325 e. The Balaban J connectivity index is 2.03. The lowest BCUT2D eigenvalue weighted by molar-refractivity contribution is -0.115. The van der Waals surface area contributed by atoms with Crippen LogP contribution in [-0.2, 0) is 14.8 Å². The molecule has 9 heteroatoms. The number of carbonyl (C=O) groups is 1. The van der Waals surface area contributed by atoms with Gasteiger partial charge in [0.05, 0.1) is 11.4 Å². The van der Waals surface area contributed by atoms with E-state index >= 15 is 0 Å². The van der Waals surface area contributed by atoms with Gasteiger partial charge in [-0.2, -0.15) is 0 Å². The minimum absolute atomic E-state index is 0.0671.